The Balaban J connectivity index is 1.67. The number of nitriles is 1. The second-order valence-corrected chi connectivity index (χ2v) is 10.8. The highest BCUT2D eigenvalue weighted by molar-refractivity contribution is 7.97. The van der Waals surface area contributed by atoms with E-state index in [2.05, 4.69) is 11.4 Å². The van der Waals surface area contributed by atoms with Crippen molar-refractivity contribution in [1.29, 1.82) is 5.26 Å². The Hall–Kier alpha value is -2.18. The van der Waals surface area contributed by atoms with E-state index in [1.807, 2.05) is 34.6 Å². The van der Waals surface area contributed by atoms with Crippen LogP contribution < -0.4 is 5.32 Å². The number of carbonyl (C=O) groups is 1. The van der Waals surface area contributed by atoms with Gasteiger partial charge in [0.25, 0.3) is 5.91 Å². The molecular formula is C24H25ClFN3O2S2. The van der Waals surface area contributed by atoms with Gasteiger partial charge in [-0.1, -0.05) is 29.8 Å². The quantitative estimate of drug-likeness (QED) is 0.531. The number of nitrogens with zero attached hydrogens (tertiary/aromatic N) is 2. The predicted molar refractivity (Wildman–Crippen MR) is 133 cm³/mol. The number of alkyl halides is 1. The highest BCUT2D eigenvalue weighted by atomic mass is 35.5. The molecule has 5 nitrogen and oxygen atoms in total. The van der Waals surface area contributed by atoms with Gasteiger partial charge >= 0.3 is 0 Å². The monoisotopic (exact) mass is 505 g/mol. The number of hydrogen-bond donors (Lipinski definition) is 1. The van der Waals surface area contributed by atoms with Crippen LogP contribution >= 0.6 is 23.5 Å². The van der Waals surface area contributed by atoms with E-state index >= 15 is 4.39 Å². The molecule has 1 saturated heterocycles. The summed E-state index contributed by atoms with van der Waals surface area (Å²) in [6.45, 7) is 2.52. The van der Waals surface area contributed by atoms with Crippen LogP contribution in [0.4, 0.5) is 4.39 Å². The summed E-state index contributed by atoms with van der Waals surface area (Å²) in [6.07, 6.45) is 3.29. The Labute approximate surface area is 205 Å². The van der Waals surface area contributed by atoms with E-state index in [0.29, 0.717) is 23.7 Å². The van der Waals surface area contributed by atoms with Crippen molar-refractivity contribution < 1.29 is 13.4 Å². The van der Waals surface area contributed by atoms with Crippen molar-refractivity contribution in [2.75, 3.05) is 19.3 Å². The Morgan fingerprint density at radius 3 is 2.73 bits per heavy atom. The molecule has 0 saturated carbocycles. The number of amides is 1. The SMILES string of the molecule is CC(/C=C\S(C)=O)NC(=O)C1(F)CCN(Sc2ccc(Cl)cc2-c2cccc(C#N)c2)CC1. The number of rotatable bonds is 7. The molecule has 174 valence electrons. The van der Waals surface area contributed by atoms with Crippen molar-refractivity contribution in [1.82, 2.24) is 9.62 Å². The summed E-state index contributed by atoms with van der Waals surface area (Å²) in [5.74, 6) is -0.633. The normalized spacial score (nSPS) is 17.9. The highest BCUT2D eigenvalue weighted by Crippen LogP contribution is 2.38. The zero-order valence-electron chi connectivity index (χ0n) is 18.4. The molecule has 33 heavy (non-hydrogen) atoms. The van der Waals surface area contributed by atoms with E-state index in [9.17, 15) is 14.3 Å². The highest BCUT2D eigenvalue weighted by Gasteiger charge is 2.42. The predicted octanol–water partition coefficient (Wildman–Crippen LogP) is 5.09. The summed E-state index contributed by atoms with van der Waals surface area (Å²) in [7, 11) is -1.12. The van der Waals surface area contributed by atoms with Gasteiger partial charge in [0.1, 0.15) is 0 Å². The van der Waals surface area contributed by atoms with Crippen LogP contribution in [0, 0.1) is 11.3 Å². The number of piperidine rings is 1. The zero-order chi connectivity index (χ0) is 24.0. The molecule has 2 aromatic rings. The van der Waals surface area contributed by atoms with E-state index < -0.39 is 28.4 Å². The van der Waals surface area contributed by atoms with Gasteiger partial charge in [0, 0.05) is 64.4 Å². The average Bonchev–Trinajstić information content (AvgIpc) is 2.80. The van der Waals surface area contributed by atoms with Gasteiger partial charge in [-0.3, -0.25) is 9.00 Å². The second kappa shape index (κ2) is 11.3. The molecule has 1 fully saturated rings. The van der Waals surface area contributed by atoms with Gasteiger partial charge in [0.2, 0.25) is 0 Å². The van der Waals surface area contributed by atoms with Crippen LogP contribution in [0.1, 0.15) is 25.3 Å². The molecule has 2 unspecified atom stereocenters. The summed E-state index contributed by atoms with van der Waals surface area (Å²) < 4.78 is 28.5. The fourth-order valence-corrected chi connectivity index (χ4v) is 5.15. The lowest BCUT2D eigenvalue weighted by molar-refractivity contribution is -0.135. The fourth-order valence-electron chi connectivity index (χ4n) is 3.47. The molecule has 3 rings (SSSR count). The summed E-state index contributed by atoms with van der Waals surface area (Å²) in [5, 5.41) is 13.9. The lowest BCUT2D eigenvalue weighted by Crippen LogP contribution is -2.51. The van der Waals surface area contributed by atoms with Crippen molar-refractivity contribution in [2.45, 2.75) is 36.4 Å². The van der Waals surface area contributed by atoms with Crippen LogP contribution in [-0.2, 0) is 15.6 Å². The number of nitrogens with one attached hydrogen (secondary N) is 1. The van der Waals surface area contributed by atoms with Gasteiger partial charge in [-0.15, -0.1) is 0 Å². The maximum Gasteiger partial charge on any atom is 0.258 e. The molecule has 9 heteroatoms. The smallest absolute Gasteiger partial charge is 0.258 e. The molecule has 0 spiro atoms. The van der Waals surface area contributed by atoms with Crippen LogP contribution in [0.15, 0.2) is 58.8 Å². The lowest BCUT2D eigenvalue weighted by Gasteiger charge is -2.35. The Bertz CT molecular complexity index is 1110. The summed E-state index contributed by atoms with van der Waals surface area (Å²) in [6, 6.07) is 14.6. The third-order valence-corrected chi connectivity index (χ3v) is 7.26. The maximum absolute atomic E-state index is 15.3. The van der Waals surface area contributed by atoms with Crippen LogP contribution in [0.5, 0.6) is 0 Å². The minimum absolute atomic E-state index is 0.0782. The Kier molecular flexibility index (Phi) is 8.71. The lowest BCUT2D eigenvalue weighted by atomic mass is 9.93. The van der Waals surface area contributed by atoms with Crippen LogP contribution in [0.2, 0.25) is 5.02 Å². The van der Waals surface area contributed by atoms with Crippen LogP contribution in [-0.4, -0.2) is 45.5 Å². The Morgan fingerprint density at radius 1 is 1.33 bits per heavy atom. The largest absolute Gasteiger partial charge is 0.347 e. The average molecular weight is 506 g/mol. The molecule has 0 bridgehead atoms. The van der Waals surface area contributed by atoms with Crippen molar-refractivity contribution in [3.05, 3.63) is 64.5 Å². The van der Waals surface area contributed by atoms with Crippen molar-refractivity contribution in [2.24, 2.45) is 0 Å². The van der Waals surface area contributed by atoms with Gasteiger partial charge in [-0.05, 0) is 60.3 Å². The van der Waals surface area contributed by atoms with E-state index in [1.165, 1.54) is 23.6 Å². The first-order valence-corrected chi connectivity index (χ1v) is 13.2. The summed E-state index contributed by atoms with van der Waals surface area (Å²) in [5.41, 5.74) is 0.400. The van der Waals surface area contributed by atoms with E-state index in [4.69, 9.17) is 11.6 Å². The number of halogens is 2. The molecule has 1 amide bonds. The first kappa shape index (κ1) is 25.4. The zero-order valence-corrected chi connectivity index (χ0v) is 20.8. The molecule has 2 aromatic carbocycles. The molecule has 1 N–H and O–H groups in total. The van der Waals surface area contributed by atoms with Crippen molar-refractivity contribution in [3.63, 3.8) is 0 Å². The molecular weight excluding hydrogens is 481 g/mol. The number of carbonyl (C=O) groups excluding carboxylic acids is 1. The van der Waals surface area contributed by atoms with Crippen molar-refractivity contribution in [3.8, 4) is 17.2 Å². The van der Waals surface area contributed by atoms with Gasteiger partial charge in [0.15, 0.2) is 5.67 Å². The fraction of sp³-hybridized carbons (Fsp3) is 0.333. The Morgan fingerprint density at radius 2 is 2.06 bits per heavy atom. The molecule has 0 radical (unpaired) electrons. The standard InChI is InChI=1S/C24H25ClFN3O2S2/c1-17(8-13-33(2)31)28-23(30)24(26)9-11-29(12-10-24)32-22-7-6-20(25)15-21(22)19-5-3-4-18(14-19)16-27/h3-8,13-15,17H,9-12H2,1-2H3,(H,28,30)/b13-8-. The maximum atomic E-state index is 15.3. The minimum atomic E-state index is -1.94. The molecule has 0 aromatic heterocycles. The van der Waals surface area contributed by atoms with Crippen LogP contribution in [0.25, 0.3) is 11.1 Å². The first-order valence-electron chi connectivity index (χ1n) is 10.4. The molecule has 0 aliphatic carbocycles. The van der Waals surface area contributed by atoms with Gasteiger partial charge in [0.05, 0.1) is 11.6 Å². The second-order valence-electron chi connectivity index (χ2n) is 7.91. The topological polar surface area (TPSA) is 73.2 Å². The third-order valence-electron chi connectivity index (χ3n) is 5.31. The number of hydrogen-bond acceptors (Lipinski definition) is 5. The van der Waals surface area contributed by atoms with Gasteiger partial charge in [-0.2, -0.15) is 5.26 Å². The first-order chi connectivity index (χ1) is 15.7. The van der Waals surface area contributed by atoms with Crippen LogP contribution in [0.3, 0.4) is 0 Å². The van der Waals surface area contributed by atoms with Crippen molar-refractivity contribution >= 4 is 40.3 Å². The van der Waals surface area contributed by atoms with Gasteiger partial charge in [-0.25, -0.2) is 8.70 Å². The summed E-state index contributed by atoms with van der Waals surface area (Å²) in [4.78, 5) is 13.5. The minimum Gasteiger partial charge on any atom is -0.347 e. The van der Waals surface area contributed by atoms with Gasteiger partial charge < -0.3 is 5.32 Å². The van der Waals surface area contributed by atoms with E-state index in [1.54, 1.807) is 25.1 Å². The summed E-state index contributed by atoms with van der Waals surface area (Å²) >= 11 is 7.73. The number of benzene rings is 2. The van der Waals surface area contributed by atoms with E-state index in [-0.39, 0.29) is 12.8 Å². The third kappa shape index (κ3) is 6.90. The molecule has 1 aliphatic rings. The molecule has 1 heterocycles. The van der Waals surface area contributed by atoms with E-state index in [0.717, 1.165) is 16.0 Å². The molecule has 2 atom stereocenters. The molecule has 1 aliphatic heterocycles.